The van der Waals surface area contributed by atoms with Crippen LogP contribution in [-0.2, 0) is 16.0 Å². The average molecular weight is 176 g/mol. The summed E-state index contributed by atoms with van der Waals surface area (Å²) < 4.78 is 4.63. The quantitative estimate of drug-likeness (QED) is 0.599. The van der Waals surface area contributed by atoms with Crippen molar-refractivity contribution in [3.8, 4) is 0 Å². The first-order chi connectivity index (χ1) is 6.31. The van der Waals surface area contributed by atoms with Crippen molar-refractivity contribution in [2.24, 2.45) is 0 Å². The van der Waals surface area contributed by atoms with Gasteiger partial charge >= 0.3 is 5.97 Å². The lowest BCUT2D eigenvalue weighted by Crippen LogP contribution is -2.27. The van der Waals surface area contributed by atoms with Gasteiger partial charge in [-0.25, -0.2) is 4.79 Å². The second kappa shape index (κ2) is 3.09. The van der Waals surface area contributed by atoms with Crippen LogP contribution in [0.4, 0.5) is 5.69 Å². The SMILES string of the molecule is COC(=O)C1Cc2ccccc2[N]1. The first-order valence-electron chi connectivity index (χ1n) is 4.18. The molecule has 0 amide bonds. The molecule has 13 heavy (non-hydrogen) atoms. The van der Waals surface area contributed by atoms with Crippen LogP contribution in [0.1, 0.15) is 5.56 Å². The zero-order chi connectivity index (χ0) is 9.26. The van der Waals surface area contributed by atoms with Gasteiger partial charge in [0.1, 0.15) is 0 Å². The van der Waals surface area contributed by atoms with Crippen molar-refractivity contribution in [3.63, 3.8) is 0 Å². The minimum Gasteiger partial charge on any atom is -0.467 e. The second-order valence-corrected chi connectivity index (χ2v) is 3.00. The minimum atomic E-state index is -0.331. The van der Waals surface area contributed by atoms with E-state index in [1.165, 1.54) is 7.11 Å². The number of carbonyl (C=O) groups excluding carboxylic acids is 1. The summed E-state index contributed by atoms with van der Waals surface area (Å²) in [6.07, 6.45) is 0.669. The molecule has 67 valence electrons. The molecule has 1 aromatic carbocycles. The highest BCUT2D eigenvalue weighted by atomic mass is 16.5. The molecule has 2 rings (SSSR count). The normalized spacial score (nSPS) is 19.0. The third-order valence-electron chi connectivity index (χ3n) is 2.17. The van der Waals surface area contributed by atoms with Gasteiger partial charge in [0.15, 0.2) is 6.04 Å². The van der Waals surface area contributed by atoms with Crippen LogP contribution < -0.4 is 5.32 Å². The van der Waals surface area contributed by atoms with Gasteiger partial charge in [-0.15, -0.1) is 0 Å². The molecule has 0 spiro atoms. The van der Waals surface area contributed by atoms with Crippen molar-refractivity contribution in [2.75, 3.05) is 7.11 Å². The van der Waals surface area contributed by atoms with E-state index < -0.39 is 0 Å². The van der Waals surface area contributed by atoms with Crippen molar-refractivity contribution in [1.82, 2.24) is 5.32 Å². The van der Waals surface area contributed by atoms with Crippen molar-refractivity contribution in [3.05, 3.63) is 29.8 Å². The van der Waals surface area contributed by atoms with Gasteiger partial charge in [-0.1, -0.05) is 18.2 Å². The third-order valence-corrected chi connectivity index (χ3v) is 2.17. The molecule has 0 N–H and O–H groups in total. The zero-order valence-corrected chi connectivity index (χ0v) is 7.36. The molecule has 0 saturated heterocycles. The van der Waals surface area contributed by atoms with Crippen LogP contribution >= 0.6 is 0 Å². The number of methoxy groups -OCH3 is 1. The Morgan fingerprint density at radius 1 is 1.54 bits per heavy atom. The van der Waals surface area contributed by atoms with Gasteiger partial charge < -0.3 is 4.74 Å². The molecule has 1 radical (unpaired) electrons. The van der Waals surface area contributed by atoms with Gasteiger partial charge in [0, 0.05) is 6.42 Å². The molecule has 3 heteroatoms. The standard InChI is InChI=1S/C10H10NO2/c1-13-10(12)9-6-7-4-2-3-5-8(7)11-9/h2-5,9H,6H2,1H3. The molecule has 0 bridgehead atoms. The number of carbonyl (C=O) groups is 1. The number of para-hydroxylation sites is 1. The van der Waals surface area contributed by atoms with Crippen LogP contribution in [0.2, 0.25) is 0 Å². The molecule has 1 aliphatic rings. The predicted octanol–water partition coefficient (Wildman–Crippen LogP) is 1.02. The van der Waals surface area contributed by atoms with Crippen LogP contribution in [0.3, 0.4) is 0 Å². The Hall–Kier alpha value is -1.51. The Morgan fingerprint density at radius 3 is 3.00 bits per heavy atom. The maximum atomic E-state index is 11.2. The van der Waals surface area contributed by atoms with E-state index >= 15 is 0 Å². The summed E-state index contributed by atoms with van der Waals surface area (Å²) in [5.74, 6) is -0.254. The average Bonchev–Trinajstić information content (AvgIpc) is 2.59. The fraction of sp³-hybridized carbons (Fsp3) is 0.300. The highest BCUT2D eigenvalue weighted by Crippen LogP contribution is 2.25. The molecule has 0 aliphatic carbocycles. The molecule has 0 saturated carbocycles. The third kappa shape index (κ3) is 1.37. The lowest BCUT2D eigenvalue weighted by atomic mass is 10.1. The highest BCUT2D eigenvalue weighted by molar-refractivity contribution is 5.79. The molecule has 1 aromatic rings. The summed E-state index contributed by atoms with van der Waals surface area (Å²) in [6.45, 7) is 0. The van der Waals surface area contributed by atoms with Gasteiger partial charge in [-0.3, -0.25) is 5.32 Å². The van der Waals surface area contributed by atoms with Crippen LogP contribution in [-0.4, -0.2) is 19.1 Å². The zero-order valence-electron chi connectivity index (χ0n) is 7.36. The van der Waals surface area contributed by atoms with Crippen LogP contribution in [0, 0.1) is 0 Å². The fourth-order valence-corrected chi connectivity index (χ4v) is 1.50. The number of esters is 1. The largest absolute Gasteiger partial charge is 0.467 e. The second-order valence-electron chi connectivity index (χ2n) is 3.00. The van der Waals surface area contributed by atoms with E-state index in [1.807, 2.05) is 24.3 Å². The van der Waals surface area contributed by atoms with Crippen molar-refractivity contribution in [1.29, 1.82) is 0 Å². The van der Waals surface area contributed by atoms with E-state index in [2.05, 4.69) is 10.1 Å². The van der Waals surface area contributed by atoms with Crippen LogP contribution in [0.5, 0.6) is 0 Å². The summed E-state index contributed by atoms with van der Waals surface area (Å²) in [5, 5.41) is 4.25. The number of benzene rings is 1. The fourth-order valence-electron chi connectivity index (χ4n) is 1.50. The van der Waals surface area contributed by atoms with Gasteiger partial charge in [0.25, 0.3) is 0 Å². The molecular formula is C10H10NO2. The molecule has 3 nitrogen and oxygen atoms in total. The number of hydrogen-bond donors (Lipinski definition) is 0. The molecule has 1 heterocycles. The number of nitrogens with zero attached hydrogens (tertiary/aromatic N) is 1. The highest BCUT2D eigenvalue weighted by Gasteiger charge is 2.28. The Bertz CT molecular complexity index is 310. The van der Waals surface area contributed by atoms with Crippen molar-refractivity contribution in [2.45, 2.75) is 12.5 Å². The van der Waals surface area contributed by atoms with Crippen molar-refractivity contribution < 1.29 is 9.53 Å². The monoisotopic (exact) mass is 176 g/mol. The first-order valence-corrected chi connectivity index (χ1v) is 4.18. The molecular weight excluding hydrogens is 166 g/mol. The molecule has 1 unspecified atom stereocenters. The number of fused-ring (bicyclic) bond motifs is 1. The molecule has 0 fully saturated rings. The lowest BCUT2D eigenvalue weighted by Gasteiger charge is -2.04. The minimum absolute atomic E-state index is 0.254. The number of rotatable bonds is 1. The van der Waals surface area contributed by atoms with Crippen LogP contribution in [0.25, 0.3) is 0 Å². The smallest absolute Gasteiger partial charge is 0.330 e. The predicted molar refractivity (Wildman–Crippen MR) is 47.7 cm³/mol. The maximum absolute atomic E-state index is 11.2. The van der Waals surface area contributed by atoms with Crippen molar-refractivity contribution >= 4 is 11.7 Å². The van der Waals surface area contributed by atoms with E-state index in [-0.39, 0.29) is 12.0 Å². The maximum Gasteiger partial charge on any atom is 0.330 e. The van der Waals surface area contributed by atoms with Gasteiger partial charge in [-0.05, 0) is 11.6 Å². The number of ether oxygens (including phenoxy) is 1. The molecule has 1 aliphatic heterocycles. The van der Waals surface area contributed by atoms with E-state index in [1.54, 1.807) is 0 Å². The summed E-state index contributed by atoms with van der Waals surface area (Å²) in [4.78, 5) is 11.2. The number of hydrogen-bond acceptors (Lipinski definition) is 2. The van der Waals surface area contributed by atoms with E-state index in [4.69, 9.17) is 0 Å². The van der Waals surface area contributed by atoms with E-state index in [0.29, 0.717) is 6.42 Å². The van der Waals surface area contributed by atoms with E-state index in [0.717, 1.165) is 11.3 Å². The molecule has 0 aromatic heterocycles. The van der Waals surface area contributed by atoms with Crippen LogP contribution in [0.15, 0.2) is 24.3 Å². The summed E-state index contributed by atoms with van der Waals surface area (Å²) in [7, 11) is 1.39. The summed E-state index contributed by atoms with van der Waals surface area (Å²) >= 11 is 0. The topological polar surface area (TPSA) is 40.4 Å². The van der Waals surface area contributed by atoms with Gasteiger partial charge in [0.2, 0.25) is 0 Å². The van der Waals surface area contributed by atoms with E-state index in [9.17, 15) is 4.79 Å². The Kier molecular flexibility index (Phi) is 1.93. The Morgan fingerprint density at radius 2 is 2.31 bits per heavy atom. The van der Waals surface area contributed by atoms with Gasteiger partial charge in [0.05, 0.1) is 12.8 Å². The Labute approximate surface area is 76.7 Å². The Balaban J connectivity index is 2.18. The summed E-state index contributed by atoms with van der Waals surface area (Å²) in [6, 6.07) is 7.44. The molecule has 1 atom stereocenters. The lowest BCUT2D eigenvalue weighted by molar-refractivity contribution is -0.142. The summed E-state index contributed by atoms with van der Waals surface area (Å²) in [5.41, 5.74) is 2.04. The van der Waals surface area contributed by atoms with Gasteiger partial charge in [-0.2, -0.15) is 0 Å². The first kappa shape index (κ1) is 8.10.